The largest absolute Gasteiger partial charge is 0.484 e. The fourth-order valence-corrected chi connectivity index (χ4v) is 7.57. The standard InChI is InChI=1S/C27H34N2O6/c1-29(23(26(33)34)13-25(31)32)8-6-28(7-9-29)24(30)17-35-22-4-2-21(3-5-22)27-14-18-10-19(15-27)12-20(11-18)16-27/h2-5,13,18-20H,6-12,14-17H2,1H3,(H-,31,32,33,34)/p+1/b23-13+. The van der Waals surface area contributed by atoms with Crippen molar-refractivity contribution in [3.8, 4) is 5.75 Å². The molecule has 6 rings (SSSR count). The lowest BCUT2D eigenvalue weighted by Gasteiger charge is -2.57. The highest BCUT2D eigenvalue weighted by Crippen LogP contribution is 2.60. The molecule has 8 heteroatoms. The van der Waals surface area contributed by atoms with E-state index in [0.29, 0.717) is 37.3 Å². The number of carbonyl (C=O) groups excluding carboxylic acids is 1. The topological polar surface area (TPSA) is 104 Å². The molecule has 4 aliphatic carbocycles. The molecule has 1 aromatic rings. The third-order valence-corrected chi connectivity index (χ3v) is 9.01. The van der Waals surface area contributed by atoms with Gasteiger partial charge in [0.15, 0.2) is 6.61 Å². The maximum Gasteiger partial charge on any atom is 0.390 e. The second kappa shape index (κ2) is 8.97. The van der Waals surface area contributed by atoms with E-state index < -0.39 is 11.9 Å². The monoisotopic (exact) mass is 483 g/mol. The first-order valence-corrected chi connectivity index (χ1v) is 12.7. The summed E-state index contributed by atoms with van der Waals surface area (Å²) in [4.78, 5) is 37.0. The number of rotatable bonds is 7. The third-order valence-electron chi connectivity index (χ3n) is 9.01. The zero-order valence-corrected chi connectivity index (χ0v) is 20.3. The number of carbonyl (C=O) groups is 3. The molecule has 1 aliphatic heterocycles. The van der Waals surface area contributed by atoms with Gasteiger partial charge in [-0.1, -0.05) is 12.1 Å². The van der Waals surface area contributed by atoms with Crippen molar-refractivity contribution in [2.24, 2.45) is 17.8 Å². The van der Waals surface area contributed by atoms with Crippen LogP contribution in [0.15, 0.2) is 36.0 Å². The predicted molar refractivity (Wildman–Crippen MR) is 128 cm³/mol. The van der Waals surface area contributed by atoms with Gasteiger partial charge in [0, 0.05) is 0 Å². The Balaban J connectivity index is 1.15. The van der Waals surface area contributed by atoms with E-state index >= 15 is 0 Å². The fraction of sp³-hybridized carbons (Fsp3) is 0.593. The van der Waals surface area contributed by atoms with Gasteiger partial charge in [-0.15, -0.1) is 0 Å². The van der Waals surface area contributed by atoms with Crippen LogP contribution in [0.3, 0.4) is 0 Å². The lowest BCUT2D eigenvalue weighted by molar-refractivity contribution is -0.872. The summed E-state index contributed by atoms with van der Waals surface area (Å²) in [6, 6.07) is 8.36. The average molecular weight is 484 g/mol. The third kappa shape index (κ3) is 4.68. The van der Waals surface area contributed by atoms with Gasteiger partial charge in [-0.25, -0.2) is 9.59 Å². The minimum absolute atomic E-state index is 0.0297. The summed E-state index contributed by atoms with van der Waals surface area (Å²) in [5.41, 5.74) is 1.58. The summed E-state index contributed by atoms with van der Waals surface area (Å²) in [5, 5.41) is 18.5. The maximum atomic E-state index is 12.7. The molecule has 2 N–H and O–H groups in total. The van der Waals surface area contributed by atoms with Crippen molar-refractivity contribution in [1.82, 2.24) is 4.90 Å². The van der Waals surface area contributed by atoms with Gasteiger partial charge in [-0.2, -0.15) is 0 Å². The van der Waals surface area contributed by atoms with E-state index in [9.17, 15) is 19.5 Å². The Morgan fingerprint density at radius 3 is 2.03 bits per heavy atom. The molecule has 0 unspecified atom stereocenters. The van der Waals surface area contributed by atoms with Crippen molar-refractivity contribution in [2.75, 3.05) is 39.8 Å². The molecule has 5 fully saturated rings. The number of likely N-dealkylation sites (N-methyl/N-ethyl adjacent to an activating group) is 1. The van der Waals surface area contributed by atoms with Crippen LogP contribution in [-0.2, 0) is 19.8 Å². The molecule has 1 amide bonds. The minimum atomic E-state index is -1.29. The van der Waals surface area contributed by atoms with Crippen molar-refractivity contribution in [2.45, 2.75) is 43.9 Å². The number of amides is 1. The number of aliphatic carboxylic acids is 2. The first kappa shape index (κ1) is 23.9. The van der Waals surface area contributed by atoms with Crippen LogP contribution in [-0.4, -0.2) is 77.3 Å². The molecule has 188 valence electrons. The molecule has 4 bridgehead atoms. The van der Waals surface area contributed by atoms with Gasteiger partial charge in [0.25, 0.3) is 5.91 Å². The Hall–Kier alpha value is -2.87. The zero-order chi connectivity index (χ0) is 24.8. The Bertz CT molecular complexity index is 1000. The van der Waals surface area contributed by atoms with E-state index in [1.165, 1.54) is 44.1 Å². The van der Waals surface area contributed by atoms with Gasteiger partial charge in [-0.3, -0.25) is 9.28 Å². The van der Waals surface area contributed by atoms with Crippen LogP contribution < -0.4 is 4.74 Å². The molecule has 35 heavy (non-hydrogen) atoms. The number of piperazine rings is 1. The molecule has 1 heterocycles. The van der Waals surface area contributed by atoms with E-state index in [1.807, 2.05) is 12.1 Å². The molecule has 0 atom stereocenters. The first-order chi connectivity index (χ1) is 16.7. The molecule has 4 saturated carbocycles. The Kier molecular flexibility index (Phi) is 6.11. The highest BCUT2D eigenvalue weighted by molar-refractivity contribution is 5.92. The van der Waals surface area contributed by atoms with Gasteiger partial charge in [0.05, 0.1) is 26.2 Å². The van der Waals surface area contributed by atoms with Gasteiger partial charge in [0.2, 0.25) is 5.70 Å². The minimum Gasteiger partial charge on any atom is -0.484 e. The van der Waals surface area contributed by atoms with Crippen molar-refractivity contribution in [3.63, 3.8) is 0 Å². The maximum absolute atomic E-state index is 12.7. The Morgan fingerprint density at radius 1 is 1.00 bits per heavy atom. The van der Waals surface area contributed by atoms with Gasteiger partial charge < -0.3 is 19.8 Å². The predicted octanol–water partition coefficient (Wildman–Crippen LogP) is 2.88. The molecule has 0 radical (unpaired) electrons. The zero-order valence-electron chi connectivity index (χ0n) is 20.3. The molecular formula is C27H35N2O6+. The number of benzene rings is 1. The lowest BCUT2D eigenvalue weighted by atomic mass is 9.48. The molecule has 0 aromatic heterocycles. The summed E-state index contributed by atoms with van der Waals surface area (Å²) >= 11 is 0. The summed E-state index contributed by atoms with van der Waals surface area (Å²) in [6.07, 6.45) is 8.95. The van der Waals surface area contributed by atoms with Gasteiger partial charge in [0.1, 0.15) is 18.8 Å². The molecule has 1 aromatic carbocycles. The number of carboxylic acids is 2. The molecular weight excluding hydrogens is 448 g/mol. The summed E-state index contributed by atoms with van der Waals surface area (Å²) in [5.74, 6) is 0.670. The normalized spacial score (nSPS) is 31.3. The van der Waals surface area contributed by atoms with E-state index in [-0.39, 0.29) is 22.7 Å². The van der Waals surface area contributed by atoms with E-state index in [1.54, 1.807) is 11.9 Å². The number of nitrogens with zero attached hydrogens (tertiary/aromatic N) is 2. The van der Waals surface area contributed by atoms with Crippen LogP contribution in [0.1, 0.15) is 44.1 Å². The van der Waals surface area contributed by atoms with Crippen LogP contribution in [0, 0.1) is 17.8 Å². The van der Waals surface area contributed by atoms with Crippen LogP contribution in [0.4, 0.5) is 0 Å². The number of ether oxygens (including phenoxy) is 1. The van der Waals surface area contributed by atoms with Crippen LogP contribution >= 0.6 is 0 Å². The van der Waals surface area contributed by atoms with Crippen molar-refractivity contribution >= 4 is 17.8 Å². The first-order valence-electron chi connectivity index (χ1n) is 12.7. The van der Waals surface area contributed by atoms with Crippen molar-refractivity contribution in [1.29, 1.82) is 0 Å². The van der Waals surface area contributed by atoms with Crippen LogP contribution in [0.2, 0.25) is 0 Å². The quantitative estimate of drug-likeness (QED) is 0.457. The fourth-order valence-electron chi connectivity index (χ4n) is 7.57. The van der Waals surface area contributed by atoms with E-state index in [4.69, 9.17) is 9.84 Å². The highest BCUT2D eigenvalue weighted by Gasteiger charge is 2.51. The second-order valence-corrected chi connectivity index (χ2v) is 11.4. The smallest absolute Gasteiger partial charge is 0.390 e. The van der Waals surface area contributed by atoms with E-state index in [2.05, 4.69) is 12.1 Å². The molecule has 1 saturated heterocycles. The molecule has 8 nitrogen and oxygen atoms in total. The SMILES string of the molecule is C[N+]1(/C(=C/C(=O)O)C(=O)O)CCN(C(=O)COc2ccc(C34CC5CC(CC(C5)C3)C4)cc2)CC1. The second-order valence-electron chi connectivity index (χ2n) is 11.4. The summed E-state index contributed by atoms with van der Waals surface area (Å²) in [6.45, 7) is 1.27. The summed E-state index contributed by atoms with van der Waals surface area (Å²) in [7, 11) is 1.69. The molecule has 0 spiro atoms. The summed E-state index contributed by atoms with van der Waals surface area (Å²) < 4.78 is 5.78. The number of quaternary nitrogens is 1. The number of hydrogen-bond donors (Lipinski definition) is 2. The molecule has 5 aliphatic rings. The van der Waals surface area contributed by atoms with Gasteiger partial charge >= 0.3 is 11.9 Å². The van der Waals surface area contributed by atoms with E-state index in [0.717, 1.165) is 23.8 Å². The number of hydrogen-bond acceptors (Lipinski definition) is 4. The van der Waals surface area contributed by atoms with Crippen molar-refractivity contribution < 1.29 is 33.8 Å². The van der Waals surface area contributed by atoms with Crippen LogP contribution in [0.5, 0.6) is 5.75 Å². The Labute approximate surface area is 205 Å². The van der Waals surface area contributed by atoms with Crippen LogP contribution in [0.25, 0.3) is 0 Å². The van der Waals surface area contributed by atoms with Crippen molar-refractivity contribution in [3.05, 3.63) is 41.6 Å². The highest BCUT2D eigenvalue weighted by atomic mass is 16.5. The number of carboxylic acid groups (broad SMARTS) is 2. The Morgan fingerprint density at radius 2 is 1.54 bits per heavy atom. The average Bonchev–Trinajstić information content (AvgIpc) is 2.80. The van der Waals surface area contributed by atoms with Gasteiger partial charge in [-0.05, 0) is 79.4 Å². The lowest BCUT2D eigenvalue weighted by Crippen LogP contribution is -2.59.